The summed E-state index contributed by atoms with van der Waals surface area (Å²) in [5.41, 5.74) is 6.81. The summed E-state index contributed by atoms with van der Waals surface area (Å²) in [7, 11) is 0. The molecule has 0 spiro atoms. The number of hydrogen-bond acceptors (Lipinski definition) is 1. The van der Waals surface area contributed by atoms with Crippen molar-refractivity contribution < 1.29 is 0 Å². The summed E-state index contributed by atoms with van der Waals surface area (Å²) < 4.78 is 0. The molecule has 1 aromatic carbocycles. The Morgan fingerprint density at radius 1 is 1.00 bits per heavy atom. The highest BCUT2D eigenvalue weighted by Gasteiger charge is 1.89. The number of hydrogen-bond donors (Lipinski definition) is 1. The van der Waals surface area contributed by atoms with E-state index in [9.17, 15) is 0 Å². The van der Waals surface area contributed by atoms with E-state index in [0.29, 0.717) is 0 Å². The van der Waals surface area contributed by atoms with Crippen molar-refractivity contribution in [3.05, 3.63) is 35.9 Å². The van der Waals surface area contributed by atoms with Crippen LogP contribution in [-0.2, 0) is 6.42 Å². The van der Waals surface area contributed by atoms with Crippen LogP contribution in [0.1, 0.15) is 18.4 Å². The molecule has 12 heavy (non-hydrogen) atoms. The highest BCUT2D eigenvalue weighted by Crippen LogP contribution is 2.03. The monoisotopic (exact) mass is 229 g/mol. The van der Waals surface area contributed by atoms with Gasteiger partial charge in [-0.05, 0) is 31.4 Å². The van der Waals surface area contributed by atoms with Gasteiger partial charge < -0.3 is 5.73 Å². The molecule has 0 aliphatic heterocycles. The SMILES string of the molecule is Br.NCCCCc1ccccc1. The van der Waals surface area contributed by atoms with Gasteiger partial charge in [-0.1, -0.05) is 30.3 Å². The molecule has 2 N–H and O–H groups in total. The molecule has 0 atom stereocenters. The smallest absolute Gasteiger partial charge is 0.00772 e. The molecule has 0 aromatic heterocycles. The van der Waals surface area contributed by atoms with Gasteiger partial charge in [-0.2, -0.15) is 0 Å². The number of aryl methyl sites for hydroxylation is 1. The predicted octanol–water partition coefficient (Wildman–Crippen LogP) is 2.55. The average molecular weight is 230 g/mol. The van der Waals surface area contributed by atoms with Crippen molar-refractivity contribution in [1.82, 2.24) is 0 Å². The minimum atomic E-state index is 0. The van der Waals surface area contributed by atoms with Crippen LogP contribution >= 0.6 is 17.0 Å². The third kappa shape index (κ3) is 4.52. The van der Waals surface area contributed by atoms with Gasteiger partial charge >= 0.3 is 0 Å². The molecule has 0 unspecified atom stereocenters. The molecule has 0 radical (unpaired) electrons. The Hall–Kier alpha value is -0.340. The molecule has 0 saturated carbocycles. The number of halogens is 1. The lowest BCUT2D eigenvalue weighted by atomic mass is 10.1. The van der Waals surface area contributed by atoms with E-state index in [1.165, 1.54) is 12.0 Å². The molecule has 68 valence electrons. The van der Waals surface area contributed by atoms with E-state index >= 15 is 0 Å². The first kappa shape index (κ1) is 11.7. The molecule has 0 heterocycles. The van der Waals surface area contributed by atoms with Gasteiger partial charge in [0.05, 0.1) is 0 Å². The van der Waals surface area contributed by atoms with Crippen LogP contribution in [0.4, 0.5) is 0 Å². The van der Waals surface area contributed by atoms with Gasteiger partial charge in [0, 0.05) is 0 Å². The molecule has 0 bridgehead atoms. The number of unbranched alkanes of at least 4 members (excludes halogenated alkanes) is 1. The Kier molecular flexibility index (Phi) is 7.11. The topological polar surface area (TPSA) is 26.0 Å². The fourth-order valence-electron chi connectivity index (χ4n) is 1.12. The molecule has 0 saturated heterocycles. The molecule has 1 nitrogen and oxygen atoms in total. The van der Waals surface area contributed by atoms with Gasteiger partial charge in [-0.3, -0.25) is 0 Å². The van der Waals surface area contributed by atoms with Crippen LogP contribution in [-0.4, -0.2) is 6.54 Å². The van der Waals surface area contributed by atoms with Crippen molar-refractivity contribution in [3.63, 3.8) is 0 Å². The molecule has 0 aliphatic carbocycles. The first-order valence-corrected chi connectivity index (χ1v) is 4.17. The lowest BCUT2D eigenvalue weighted by molar-refractivity contribution is 0.745. The minimum Gasteiger partial charge on any atom is -0.330 e. The standard InChI is InChI=1S/C10H15N.BrH/c11-9-5-4-8-10-6-2-1-3-7-10;/h1-3,6-7H,4-5,8-9,11H2;1H. The van der Waals surface area contributed by atoms with Gasteiger partial charge in [0.2, 0.25) is 0 Å². The molecule has 1 rings (SSSR count). The van der Waals surface area contributed by atoms with E-state index in [1.807, 2.05) is 6.07 Å². The second-order valence-corrected chi connectivity index (χ2v) is 2.73. The molecule has 0 amide bonds. The van der Waals surface area contributed by atoms with E-state index in [1.54, 1.807) is 0 Å². The summed E-state index contributed by atoms with van der Waals surface area (Å²) >= 11 is 0. The summed E-state index contributed by atoms with van der Waals surface area (Å²) in [6.45, 7) is 0.812. The fourth-order valence-corrected chi connectivity index (χ4v) is 1.12. The Balaban J connectivity index is 0.00000121. The van der Waals surface area contributed by atoms with Crippen molar-refractivity contribution in [1.29, 1.82) is 0 Å². The first-order valence-electron chi connectivity index (χ1n) is 4.17. The Morgan fingerprint density at radius 3 is 2.25 bits per heavy atom. The van der Waals surface area contributed by atoms with Crippen molar-refractivity contribution in [3.8, 4) is 0 Å². The molecule has 2 heteroatoms. The van der Waals surface area contributed by atoms with Gasteiger partial charge in [-0.15, -0.1) is 17.0 Å². The van der Waals surface area contributed by atoms with E-state index in [2.05, 4.69) is 24.3 Å². The quantitative estimate of drug-likeness (QED) is 0.790. The average Bonchev–Trinajstić information content (AvgIpc) is 2.07. The van der Waals surface area contributed by atoms with E-state index in [4.69, 9.17) is 5.73 Å². The summed E-state index contributed by atoms with van der Waals surface area (Å²) in [4.78, 5) is 0. The normalized spacial score (nSPS) is 9.08. The second-order valence-electron chi connectivity index (χ2n) is 2.73. The molecule has 0 aliphatic rings. The first-order chi connectivity index (χ1) is 5.43. The van der Waals surface area contributed by atoms with Crippen molar-refractivity contribution >= 4 is 17.0 Å². The summed E-state index contributed by atoms with van der Waals surface area (Å²) in [6.07, 6.45) is 3.51. The maximum Gasteiger partial charge on any atom is -0.00772 e. The van der Waals surface area contributed by atoms with E-state index < -0.39 is 0 Å². The van der Waals surface area contributed by atoms with Gasteiger partial charge in [-0.25, -0.2) is 0 Å². The fraction of sp³-hybridized carbons (Fsp3) is 0.400. The van der Waals surface area contributed by atoms with Crippen molar-refractivity contribution in [2.45, 2.75) is 19.3 Å². The Labute approximate surface area is 84.7 Å². The molecule has 1 aromatic rings. The number of benzene rings is 1. The van der Waals surface area contributed by atoms with Gasteiger partial charge in [0.25, 0.3) is 0 Å². The highest BCUT2D eigenvalue weighted by atomic mass is 79.9. The van der Waals surface area contributed by atoms with Crippen LogP contribution in [0.25, 0.3) is 0 Å². The summed E-state index contributed by atoms with van der Waals surface area (Å²) in [5.74, 6) is 0. The lowest BCUT2D eigenvalue weighted by Gasteiger charge is -1.98. The van der Waals surface area contributed by atoms with Crippen molar-refractivity contribution in [2.75, 3.05) is 6.54 Å². The minimum absolute atomic E-state index is 0. The highest BCUT2D eigenvalue weighted by molar-refractivity contribution is 8.93. The Bertz CT molecular complexity index is 186. The van der Waals surface area contributed by atoms with Crippen LogP contribution in [0.15, 0.2) is 30.3 Å². The van der Waals surface area contributed by atoms with Crippen LogP contribution < -0.4 is 5.73 Å². The molecular weight excluding hydrogens is 214 g/mol. The lowest BCUT2D eigenvalue weighted by Crippen LogP contribution is -1.98. The summed E-state index contributed by atoms with van der Waals surface area (Å²) in [6, 6.07) is 10.5. The molecule has 0 fully saturated rings. The Morgan fingerprint density at radius 2 is 1.67 bits per heavy atom. The number of nitrogens with two attached hydrogens (primary N) is 1. The third-order valence-electron chi connectivity index (χ3n) is 1.76. The summed E-state index contributed by atoms with van der Waals surface area (Å²) in [5, 5.41) is 0. The van der Waals surface area contributed by atoms with Crippen LogP contribution in [0.3, 0.4) is 0 Å². The maximum absolute atomic E-state index is 5.39. The predicted molar refractivity (Wildman–Crippen MR) is 58.8 cm³/mol. The number of rotatable bonds is 4. The van der Waals surface area contributed by atoms with E-state index in [-0.39, 0.29) is 17.0 Å². The zero-order chi connectivity index (χ0) is 7.94. The van der Waals surface area contributed by atoms with Crippen LogP contribution in [0.5, 0.6) is 0 Å². The second kappa shape index (κ2) is 7.32. The zero-order valence-corrected chi connectivity index (χ0v) is 8.91. The van der Waals surface area contributed by atoms with Crippen LogP contribution in [0.2, 0.25) is 0 Å². The van der Waals surface area contributed by atoms with Crippen LogP contribution in [0, 0.1) is 0 Å². The van der Waals surface area contributed by atoms with E-state index in [0.717, 1.165) is 19.4 Å². The third-order valence-corrected chi connectivity index (χ3v) is 1.76. The van der Waals surface area contributed by atoms with Gasteiger partial charge in [0.15, 0.2) is 0 Å². The van der Waals surface area contributed by atoms with Gasteiger partial charge in [0.1, 0.15) is 0 Å². The largest absolute Gasteiger partial charge is 0.330 e. The zero-order valence-electron chi connectivity index (χ0n) is 7.20. The van der Waals surface area contributed by atoms with Crippen molar-refractivity contribution in [2.24, 2.45) is 5.73 Å². The maximum atomic E-state index is 5.39. The molecular formula is C10H16BrN.